The summed E-state index contributed by atoms with van der Waals surface area (Å²) < 4.78 is 34.3. The van der Waals surface area contributed by atoms with Crippen LogP contribution < -0.4 is 0 Å². The summed E-state index contributed by atoms with van der Waals surface area (Å²) in [7, 11) is 0. The normalized spacial score (nSPS) is 32.1. The van der Waals surface area contributed by atoms with Gasteiger partial charge in [0.05, 0.1) is 0 Å². The van der Waals surface area contributed by atoms with E-state index in [2.05, 4.69) is 15.9 Å². The lowest BCUT2D eigenvalue weighted by atomic mass is 10.0. The van der Waals surface area contributed by atoms with Crippen LogP contribution in [0.5, 0.6) is 0 Å². The van der Waals surface area contributed by atoms with Crippen molar-refractivity contribution < 1.29 is 37.7 Å². The van der Waals surface area contributed by atoms with Gasteiger partial charge >= 0.3 is 17.9 Å². The third-order valence-corrected chi connectivity index (χ3v) is 3.35. The minimum absolute atomic E-state index is 0.289. The maximum Gasteiger partial charge on any atom is 0.303 e. The van der Waals surface area contributed by atoms with Gasteiger partial charge in [0.25, 0.3) is 0 Å². The minimum atomic E-state index is -1.82. The first-order valence-electron chi connectivity index (χ1n) is 6.13. The smallest absolute Gasteiger partial charge is 0.303 e. The van der Waals surface area contributed by atoms with Crippen LogP contribution in [-0.2, 0) is 33.3 Å². The number of halogens is 2. The van der Waals surface area contributed by atoms with Gasteiger partial charge in [-0.05, 0) is 0 Å². The first-order valence-corrected chi connectivity index (χ1v) is 7.05. The summed E-state index contributed by atoms with van der Waals surface area (Å²) in [5, 5.41) is -0.955. The molecule has 0 unspecified atom stereocenters. The summed E-state index contributed by atoms with van der Waals surface area (Å²) in [5.74, 6) is -2.01. The van der Waals surface area contributed by atoms with Crippen LogP contribution >= 0.6 is 15.9 Å². The summed E-state index contributed by atoms with van der Waals surface area (Å²) in [6, 6.07) is 0. The third kappa shape index (κ3) is 5.24. The van der Waals surface area contributed by atoms with Crippen LogP contribution in [0.2, 0.25) is 0 Å². The highest BCUT2D eigenvalue weighted by Crippen LogP contribution is 2.31. The molecule has 1 fully saturated rings. The highest BCUT2D eigenvalue weighted by Gasteiger charge is 2.49. The second kappa shape index (κ2) is 7.69. The fourth-order valence-corrected chi connectivity index (χ4v) is 2.51. The van der Waals surface area contributed by atoms with Gasteiger partial charge < -0.3 is 18.9 Å². The zero-order valence-electron chi connectivity index (χ0n) is 11.7. The Morgan fingerprint density at radius 1 is 1.05 bits per heavy atom. The van der Waals surface area contributed by atoms with Crippen molar-refractivity contribution in [3.05, 3.63) is 0 Å². The number of hydrogen-bond acceptors (Lipinski definition) is 7. The maximum atomic E-state index is 14.5. The van der Waals surface area contributed by atoms with E-state index in [4.69, 9.17) is 18.9 Å². The van der Waals surface area contributed by atoms with Gasteiger partial charge in [-0.3, -0.25) is 14.4 Å². The topological polar surface area (TPSA) is 88.1 Å². The Hall–Kier alpha value is -1.22. The Kier molecular flexibility index (Phi) is 6.53. The Balaban J connectivity index is 2.86. The quantitative estimate of drug-likeness (QED) is 0.412. The van der Waals surface area contributed by atoms with Gasteiger partial charge in [0.15, 0.2) is 23.4 Å². The molecule has 0 aliphatic carbocycles. The van der Waals surface area contributed by atoms with E-state index >= 15 is 0 Å². The van der Waals surface area contributed by atoms with Crippen LogP contribution in [-0.4, -0.2) is 54.0 Å². The molecular formula is C12H16BrFO7. The van der Waals surface area contributed by atoms with E-state index < -0.39 is 47.4 Å². The van der Waals surface area contributed by atoms with Gasteiger partial charge in [-0.2, -0.15) is 0 Å². The lowest BCUT2D eigenvalue weighted by molar-refractivity contribution is -0.215. The van der Waals surface area contributed by atoms with Gasteiger partial charge in [-0.1, -0.05) is 15.9 Å². The van der Waals surface area contributed by atoms with Crippen molar-refractivity contribution in [3.63, 3.8) is 0 Å². The number of carbonyl (C=O) groups is 3. The molecule has 1 rings (SSSR count). The summed E-state index contributed by atoms with van der Waals surface area (Å²) >= 11 is 3.04. The van der Waals surface area contributed by atoms with Crippen molar-refractivity contribution in [2.45, 2.75) is 50.3 Å². The lowest BCUT2D eigenvalue weighted by Gasteiger charge is -2.40. The Labute approximate surface area is 129 Å². The van der Waals surface area contributed by atoms with Crippen molar-refractivity contribution in [1.82, 2.24) is 0 Å². The van der Waals surface area contributed by atoms with Crippen LogP contribution in [0.15, 0.2) is 0 Å². The molecule has 0 bridgehead atoms. The zero-order chi connectivity index (χ0) is 16.2. The number of alkyl halides is 2. The fraction of sp³-hybridized carbons (Fsp3) is 0.750. The number of hydrogen-bond donors (Lipinski definition) is 0. The summed E-state index contributed by atoms with van der Waals surface area (Å²) in [5.41, 5.74) is 0. The first-order chi connectivity index (χ1) is 9.72. The lowest BCUT2D eigenvalue weighted by Crippen LogP contribution is -2.58. The number of esters is 3. The van der Waals surface area contributed by atoms with Gasteiger partial charge in [0.1, 0.15) is 12.7 Å². The molecule has 0 radical (unpaired) electrons. The number of rotatable bonds is 4. The standard InChI is InChI=1S/C12H16BrFO7/c1-5(15)18-4-8-10(19-6(2)16)9(14)11(12(13)21-8)20-7(3)17/h8-12H,4H2,1-3H3/t8-,9+,10+,11-,12+/m1/s1. The molecular weight excluding hydrogens is 355 g/mol. The molecule has 0 amide bonds. The van der Waals surface area contributed by atoms with Crippen LogP contribution in [0.25, 0.3) is 0 Å². The highest BCUT2D eigenvalue weighted by molar-refractivity contribution is 9.09. The molecule has 1 aliphatic heterocycles. The van der Waals surface area contributed by atoms with Gasteiger partial charge in [-0.15, -0.1) is 0 Å². The Morgan fingerprint density at radius 3 is 2.05 bits per heavy atom. The van der Waals surface area contributed by atoms with E-state index in [1.54, 1.807) is 0 Å². The summed E-state index contributed by atoms with van der Waals surface area (Å²) in [4.78, 5) is 32.9. The zero-order valence-corrected chi connectivity index (χ0v) is 13.3. The molecule has 0 aromatic heterocycles. The molecule has 1 saturated heterocycles. The molecule has 120 valence electrons. The molecule has 0 N–H and O–H groups in total. The monoisotopic (exact) mass is 370 g/mol. The van der Waals surface area contributed by atoms with Crippen LogP contribution in [0.4, 0.5) is 4.39 Å². The van der Waals surface area contributed by atoms with E-state index in [-0.39, 0.29) is 6.61 Å². The molecule has 0 spiro atoms. The van der Waals surface area contributed by atoms with Crippen molar-refractivity contribution >= 4 is 33.8 Å². The van der Waals surface area contributed by atoms with E-state index in [9.17, 15) is 18.8 Å². The molecule has 1 heterocycles. The summed E-state index contributed by atoms with van der Waals surface area (Å²) in [6.45, 7) is 3.13. The molecule has 21 heavy (non-hydrogen) atoms. The van der Waals surface area contributed by atoms with Crippen molar-refractivity contribution in [1.29, 1.82) is 0 Å². The summed E-state index contributed by atoms with van der Waals surface area (Å²) in [6.07, 6.45) is -5.46. The second-order valence-electron chi connectivity index (χ2n) is 4.42. The number of carbonyl (C=O) groups excluding carboxylic acids is 3. The first kappa shape index (κ1) is 17.8. The average Bonchev–Trinajstić information content (AvgIpc) is 2.35. The SMILES string of the molecule is CC(=O)OC[C@H]1O[C@H](Br)[C@H](OC(C)=O)[C@@H](F)[C@H]1OC(C)=O. The Bertz CT molecular complexity index is 414. The van der Waals surface area contributed by atoms with Crippen molar-refractivity contribution in [3.8, 4) is 0 Å². The molecule has 5 atom stereocenters. The third-order valence-electron chi connectivity index (χ3n) is 2.61. The molecule has 0 aromatic carbocycles. The second-order valence-corrected chi connectivity index (χ2v) is 5.32. The van der Waals surface area contributed by atoms with Crippen LogP contribution in [0, 0.1) is 0 Å². The maximum absolute atomic E-state index is 14.5. The minimum Gasteiger partial charge on any atom is -0.463 e. The molecule has 0 aromatic rings. The van der Waals surface area contributed by atoms with E-state index in [1.807, 2.05) is 0 Å². The molecule has 9 heteroatoms. The largest absolute Gasteiger partial charge is 0.463 e. The molecule has 7 nitrogen and oxygen atoms in total. The predicted molar refractivity (Wildman–Crippen MR) is 70.2 cm³/mol. The van der Waals surface area contributed by atoms with Crippen LogP contribution in [0.3, 0.4) is 0 Å². The van der Waals surface area contributed by atoms with E-state index in [1.165, 1.54) is 6.92 Å². The Morgan fingerprint density at radius 2 is 1.57 bits per heavy atom. The van der Waals surface area contributed by atoms with Crippen LogP contribution in [0.1, 0.15) is 20.8 Å². The predicted octanol–water partition coefficient (Wildman–Crippen LogP) is 0.871. The molecule has 0 saturated carbocycles. The van der Waals surface area contributed by atoms with Crippen molar-refractivity contribution in [2.24, 2.45) is 0 Å². The van der Waals surface area contributed by atoms with Gasteiger partial charge in [0.2, 0.25) is 0 Å². The van der Waals surface area contributed by atoms with Crippen molar-refractivity contribution in [2.75, 3.05) is 6.61 Å². The van der Waals surface area contributed by atoms with E-state index in [0.717, 1.165) is 13.8 Å². The van der Waals surface area contributed by atoms with E-state index in [0.29, 0.717) is 0 Å². The number of ether oxygens (including phenoxy) is 4. The fourth-order valence-electron chi connectivity index (χ4n) is 1.83. The average molecular weight is 371 g/mol. The molecule has 1 aliphatic rings. The van der Waals surface area contributed by atoms with Gasteiger partial charge in [-0.25, -0.2) is 4.39 Å². The highest BCUT2D eigenvalue weighted by atomic mass is 79.9. The van der Waals surface area contributed by atoms with Gasteiger partial charge in [0, 0.05) is 20.8 Å².